The minimum absolute atomic E-state index is 0.263. The van der Waals surface area contributed by atoms with Gasteiger partial charge in [-0.1, -0.05) is 36.0 Å². The van der Waals surface area contributed by atoms with E-state index in [1.807, 2.05) is 6.92 Å². The monoisotopic (exact) mass is 343 g/mol. The van der Waals surface area contributed by atoms with Crippen LogP contribution < -0.4 is 5.32 Å². The Morgan fingerprint density at radius 2 is 1.76 bits per heavy atom. The molecule has 0 unspecified atom stereocenters. The molecule has 1 amide bonds. The van der Waals surface area contributed by atoms with E-state index in [0.29, 0.717) is 17.5 Å². The molecule has 1 fully saturated rings. The second-order valence-corrected chi connectivity index (χ2v) is 7.30. The summed E-state index contributed by atoms with van der Waals surface area (Å²) in [6.07, 6.45) is 11.1. The molecule has 2 aromatic heterocycles. The Kier molecular flexibility index (Phi) is 4.59. The molecular weight excluding hydrogens is 318 g/mol. The van der Waals surface area contributed by atoms with Gasteiger partial charge < -0.3 is 9.05 Å². The average Bonchev–Trinajstić information content (AvgIpc) is 3.12. The zero-order valence-electron chi connectivity index (χ0n) is 14.8. The fourth-order valence-corrected chi connectivity index (χ4v) is 4.12. The molecule has 0 saturated heterocycles. The lowest BCUT2D eigenvalue weighted by Crippen LogP contribution is -2.15. The first-order valence-corrected chi connectivity index (χ1v) is 9.49. The summed E-state index contributed by atoms with van der Waals surface area (Å²) < 4.78 is 10.8. The normalized spacial score (nSPS) is 18.6. The number of fused-ring (bicyclic) bond motifs is 1. The molecule has 1 saturated carbocycles. The van der Waals surface area contributed by atoms with Gasteiger partial charge in [-0.25, -0.2) is 0 Å². The first-order valence-electron chi connectivity index (χ1n) is 9.49. The molecule has 4 rings (SSSR count). The van der Waals surface area contributed by atoms with E-state index in [4.69, 9.17) is 9.05 Å². The lowest BCUT2D eigenvalue weighted by Gasteiger charge is -2.19. The quantitative estimate of drug-likeness (QED) is 0.827. The molecule has 0 radical (unpaired) electrons. The molecule has 0 aliphatic heterocycles. The van der Waals surface area contributed by atoms with Crippen molar-refractivity contribution in [2.45, 2.75) is 77.0 Å². The number of rotatable bonds is 3. The fraction of sp³-hybridized carbons (Fsp3) is 0.632. The average molecular weight is 343 g/mol. The van der Waals surface area contributed by atoms with Crippen LogP contribution >= 0.6 is 0 Å². The first-order chi connectivity index (χ1) is 12.2. The number of anilines is 1. The zero-order valence-corrected chi connectivity index (χ0v) is 14.8. The number of hydrogen-bond donors (Lipinski definition) is 1. The maximum atomic E-state index is 12.7. The Balaban J connectivity index is 1.52. The summed E-state index contributed by atoms with van der Waals surface area (Å²) in [4.78, 5) is 12.7. The Morgan fingerprint density at radius 1 is 1.00 bits per heavy atom. The number of aryl methyl sites for hydroxylation is 1. The molecule has 2 aliphatic rings. The number of amides is 1. The van der Waals surface area contributed by atoms with Crippen molar-refractivity contribution in [1.82, 2.24) is 10.3 Å². The van der Waals surface area contributed by atoms with Gasteiger partial charge >= 0.3 is 0 Å². The second-order valence-electron chi connectivity index (χ2n) is 7.30. The predicted molar refractivity (Wildman–Crippen MR) is 92.8 cm³/mol. The Labute approximate surface area is 147 Å². The topological polar surface area (TPSA) is 81.2 Å². The highest BCUT2D eigenvalue weighted by molar-refractivity contribution is 6.03. The van der Waals surface area contributed by atoms with Crippen molar-refractivity contribution in [3.8, 4) is 0 Å². The van der Waals surface area contributed by atoms with Crippen molar-refractivity contribution in [1.29, 1.82) is 0 Å². The molecule has 6 heteroatoms. The standard InChI is InChI=1S/C19H25N3O3/c1-12-16(13-8-4-2-5-9-13)21-25-19(12)20-18(23)17-14-10-6-3-7-11-15(14)24-22-17/h13H,2-11H2,1H3,(H,20,23). The molecule has 0 bridgehead atoms. The van der Waals surface area contributed by atoms with E-state index in [-0.39, 0.29) is 5.91 Å². The van der Waals surface area contributed by atoms with Gasteiger partial charge in [0.05, 0.1) is 5.69 Å². The number of aromatic nitrogens is 2. The van der Waals surface area contributed by atoms with Crippen LogP contribution in [0.1, 0.15) is 90.4 Å². The van der Waals surface area contributed by atoms with Crippen LogP contribution in [0.25, 0.3) is 0 Å². The van der Waals surface area contributed by atoms with Gasteiger partial charge in [-0.3, -0.25) is 10.1 Å². The van der Waals surface area contributed by atoms with Crippen molar-refractivity contribution >= 4 is 11.8 Å². The number of nitrogens with one attached hydrogen (secondary N) is 1. The summed E-state index contributed by atoms with van der Waals surface area (Å²) in [5, 5.41) is 11.1. The third-order valence-electron chi connectivity index (χ3n) is 5.59. The van der Waals surface area contributed by atoms with E-state index in [1.165, 1.54) is 19.3 Å². The molecule has 2 aromatic rings. The van der Waals surface area contributed by atoms with E-state index < -0.39 is 0 Å². The van der Waals surface area contributed by atoms with Gasteiger partial charge in [-0.05, 0) is 39.0 Å². The van der Waals surface area contributed by atoms with E-state index >= 15 is 0 Å². The van der Waals surface area contributed by atoms with Gasteiger partial charge in [-0.2, -0.15) is 0 Å². The van der Waals surface area contributed by atoms with Gasteiger partial charge in [-0.15, -0.1) is 0 Å². The summed E-state index contributed by atoms with van der Waals surface area (Å²) in [5.41, 5.74) is 3.29. The number of hydrogen-bond acceptors (Lipinski definition) is 5. The molecule has 2 aliphatic carbocycles. The highest BCUT2D eigenvalue weighted by Gasteiger charge is 2.27. The lowest BCUT2D eigenvalue weighted by atomic mass is 9.86. The van der Waals surface area contributed by atoms with Gasteiger partial charge in [0, 0.05) is 23.5 Å². The van der Waals surface area contributed by atoms with Crippen molar-refractivity contribution < 1.29 is 13.8 Å². The van der Waals surface area contributed by atoms with Crippen LogP contribution in [0.5, 0.6) is 0 Å². The second kappa shape index (κ2) is 7.02. The van der Waals surface area contributed by atoms with E-state index in [0.717, 1.165) is 67.5 Å². The SMILES string of the molecule is Cc1c(C2CCCCC2)noc1NC(=O)c1noc2c1CCCCC2. The summed E-state index contributed by atoms with van der Waals surface area (Å²) >= 11 is 0. The highest BCUT2D eigenvalue weighted by atomic mass is 16.5. The third kappa shape index (κ3) is 3.22. The van der Waals surface area contributed by atoms with Crippen molar-refractivity contribution in [2.75, 3.05) is 5.32 Å². The van der Waals surface area contributed by atoms with Crippen LogP contribution in [0, 0.1) is 6.92 Å². The Hall–Kier alpha value is -2.11. The van der Waals surface area contributed by atoms with Crippen LogP contribution in [0.4, 0.5) is 5.88 Å². The minimum atomic E-state index is -0.263. The first kappa shape index (κ1) is 16.4. The molecule has 134 valence electrons. The highest BCUT2D eigenvalue weighted by Crippen LogP contribution is 2.36. The summed E-state index contributed by atoms with van der Waals surface area (Å²) in [6.45, 7) is 1.97. The maximum absolute atomic E-state index is 12.7. The summed E-state index contributed by atoms with van der Waals surface area (Å²) in [7, 11) is 0. The predicted octanol–water partition coefficient (Wildman–Crippen LogP) is 4.54. The van der Waals surface area contributed by atoms with Gasteiger partial charge in [0.15, 0.2) is 5.69 Å². The van der Waals surface area contributed by atoms with E-state index in [2.05, 4.69) is 15.6 Å². The third-order valence-corrected chi connectivity index (χ3v) is 5.59. The smallest absolute Gasteiger partial charge is 0.280 e. The van der Waals surface area contributed by atoms with Gasteiger partial charge in [0.2, 0.25) is 5.88 Å². The maximum Gasteiger partial charge on any atom is 0.280 e. The van der Waals surface area contributed by atoms with Gasteiger partial charge in [0.1, 0.15) is 5.76 Å². The summed E-state index contributed by atoms with van der Waals surface area (Å²) in [5.74, 6) is 1.49. The Morgan fingerprint density at radius 3 is 2.60 bits per heavy atom. The van der Waals surface area contributed by atoms with Crippen LogP contribution in [-0.2, 0) is 12.8 Å². The number of carbonyl (C=O) groups is 1. The Bertz CT molecular complexity index is 756. The van der Waals surface area contributed by atoms with Crippen molar-refractivity contribution in [3.05, 3.63) is 28.3 Å². The van der Waals surface area contributed by atoms with Crippen molar-refractivity contribution in [3.63, 3.8) is 0 Å². The molecule has 0 atom stereocenters. The number of carbonyl (C=O) groups excluding carboxylic acids is 1. The van der Waals surface area contributed by atoms with Crippen LogP contribution in [0.15, 0.2) is 9.05 Å². The van der Waals surface area contributed by atoms with Crippen LogP contribution in [-0.4, -0.2) is 16.2 Å². The van der Waals surface area contributed by atoms with Crippen molar-refractivity contribution in [2.24, 2.45) is 0 Å². The number of nitrogens with zero attached hydrogens (tertiary/aromatic N) is 2. The lowest BCUT2D eigenvalue weighted by molar-refractivity contribution is 0.101. The molecule has 2 heterocycles. The molecule has 6 nitrogen and oxygen atoms in total. The largest absolute Gasteiger partial charge is 0.360 e. The minimum Gasteiger partial charge on any atom is -0.360 e. The molecule has 25 heavy (non-hydrogen) atoms. The molecule has 0 aromatic carbocycles. The molecule has 0 spiro atoms. The van der Waals surface area contributed by atoms with E-state index in [9.17, 15) is 4.79 Å². The van der Waals surface area contributed by atoms with E-state index in [1.54, 1.807) is 0 Å². The molecule has 1 N–H and O–H groups in total. The summed E-state index contributed by atoms with van der Waals surface area (Å²) in [6, 6.07) is 0. The van der Waals surface area contributed by atoms with Crippen LogP contribution in [0.3, 0.4) is 0 Å². The van der Waals surface area contributed by atoms with Crippen LogP contribution in [0.2, 0.25) is 0 Å². The molecular formula is C19H25N3O3. The fourth-order valence-electron chi connectivity index (χ4n) is 4.12. The van der Waals surface area contributed by atoms with Gasteiger partial charge in [0.25, 0.3) is 5.91 Å². The zero-order chi connectivity index (χ0) is 17.2.